The van der Waals surface area contributed by atoms with Crippen LogP contribution in [-0.2, 0) is 34.5 Å². The number of aliphatic hydroxyl groups is 1. The molecule has 3 atom stereocenters. The number of nitrogens with zero attached hydrogens (tertiary/aromatic N) is 1. The number of nitrogens with two attached hydrogens (primary N) is 1. The van der Waals surface area contributed by atoms with Gasteiger partial charge in [0.25, 0.3) is 0 Å². The van der Waals surface area contributed by atoms with Crippen LogP contribution in [0.25, 0.3) is 0 Å². The second-order valence-corrected chi connectivity index (χ2v) is 12.6. The van der Waals surface area contributed by atoms with Gasteiger partial charge in [0.2, 0.25) is 11.8 Å². The predicted molar refractivity (Wildman–Crippen MR) is 167 cm³/mol. The smallest absolute Gasteiger partial charge is 0.407 e. The molecule has 0 saturated heterocycles. The summed E-state index contributed by atoms with van der Waals surface area (Å²) in [5, 5.41) is 28.2. The lowest BCUT2D eigenvalue weighted by Gasteiger charge is -2.25. The van der Waals surface area contributed by atoms with E-state index in [1.165, 1.54) is 7.11 Å². The molecule has 0 spiro atoms. The zero-order valence-electron chi connectivity index (χ0n) is 26.2. The van der Waals surface area contributed by atoms with Gasteiger partial charge in [-0.3, -0.25) is 14.2 Å². The molecular formula is C29H45N6O9P. The lowest BCUT2D eigenvalue weighted by Crippen LogP contribution is -2.54. The molecule has 0 bridgehead atoms. The second kappa shape index (κ2) is 20.9. The van der Waals surface area contributed by atoms with Crippen LogP contribution in [0, 0.1) is 17.2 Å². The Hall–Kier alpha value is -3.96. The third-order valence-corrected chi connectivity index (χ3v) is 8.21. The van der Waals surface area contributed by atoms with Gasteiger partial charge in [-0.05, 0) is 49.8 Å². The Labute approximate surface area is 263 Å². The van der Waals surface area contributed by atoms with Crippen LogP contribution in [0.5, 0.6) is 0 Å². The summed E-state index contributed by atoms with van der Waals surface area (Å²) >= 11 is 0. The van der Waals surface area contributed by atoms with Crippen LogP contribution in [0.15, 0.2) is 35.9 Å². The summed E-state index contributed by atoms with van der Waals surface area (Å²) in [5.41, 5.74) is 6.86. The summed E-state index contributed by atoms with van der Waals surface area (Å²) in [6, 6.07) is 5.75. The minimum Gasteiger partial charge on any atom is -0.453 e. The average Bonchev–Trinajstić information content (AvgIpc) is 3.00. The van der Waals surface area contributed by atoms with E-state index >= 15 is 0 Å². The third kappa shape index (κ3) is 16.1. The van der Waals surface area contributed by atoms with Gasteiger partial charge in [-0.15, -0.1) is 0 Å². The number of rotatable bonds is 20. The SMILES string of the molecule is COC(=O)N[C@H](C(=O)N[C@@H](CCCNC(N)=O)C(=O)Nc1ccc(COP(=O)(CC/C=C(\C)CO)OCCC#N)cc1)C(C)C. The Morgan fingerprint density at radius 1 is 1.11 bits per heavy atom. The van der Waals surface area contributed by atoms with Crippen molar-refractivity contribution in [2.75, 3.05) is 38.3 Å². The molecule has 250 valence electrons. The van der Waals surface area contributed by atoms with Crippen LogP contribution in [-0.4, -0.2) is 74.2 Å². The van der Waals surface area contributed by atoms with Gasteiger partial charge in [-0.1, -0.05) is 37.6 Å². The fourth-order valence-corrected chi connectivity index (χ4v) is 5.28. The van der Waals surface area contributed by atoms with Crippen molar-refractivity contribution in [3.05, 3.63) is 41.5 Å². The van der Waals surface area contributed by atoms with E-state index in [0.717, 1.165) is 5.57 Å². The zero-order valence-corrected chi connectivity index (χ0v) is 27.1. The van der Waals surface area contributed by atoms with Gasteiger partial charge in [0.05, 0.1) is 45.6 Å². The Morgan fingerprint density at radius 2 is 1.80 bits per heavy atom. The van der Waals surface area contributed by atoms with Gasteiger partial charge in [-0.25, -0.2) is 9.59 Å². The molecule has 1 rings (SSSR count). The Morgan fingerprint density at radius 3 is 2.38 bits per heavy atom. The highest BCUT2D eigenvalue weighted by atomic mass is 31.2. The molecular weight excluding hydrogens is 607 g/mol. The van der Waals surface area contributed by atoms with E-state index in [0.29, 0.717) is 24.1 Å². The highest BCUT2D eigenvalue weighted by molar-refractivity contribution is 7.53. The Kier molecular flexibility index (Phi) is 18.1. The number of aliphatic hydroxyl groups excluding tert-OH is 1. The molecule has 0 heterocycles. The van der Waals surface area contributed by atoms with Crippen molar-refractivity contribution in [3.63, 3.8) is 0 Å². The molecule has 0 aliphatic rings. The number of primary amides is 1. The van der Waals surface area contributed by atoms with Crippen LogP contribution < -0.4 is 27.0 Å². The number of methoxy groups -OCH3 is 1. The van der Waals surface area contributed by atoms with Crippen molar-refractivity contribution in [3.8, 4) is 6.07 Å². The van der Waals surface area contributed by atoms with Crippen molar-refractivity contribution in [1.29, 1.82) is 5.26 Å². The van der Waals surface area contributed by atoms with Gasteiger partial charge in [-0.2, -0.15) is 5.26 Å². The van der Waals surface area contributed by atoms with Gasteiger partial charge in [0.15, 0.2) is 0 Å². The summed E-state index contributed by atoms with van der Waals surface area (Å²) in [4.78, 5) is 49.0. The minimum atomic E-state index is -3.54. The zero-order chi connectivity index (χ0) is 33.8. The number of anilines is 1. The van der Waals surface area contributed by atoms with Crippen molar-refractivity contribution in [2.24, 2.45) is 11.7 Å². The third-order valence-electron chi connectivity index (χ3n) is 6.31. The van der Waals surface area contributed by atoms with E-state index in [4.69, 9.17) is 25.1 Å². The van der Waals surface area contributed by atoms with Gasteiger partial charge in [0, 0.05) is 12.2 Å². The summed E-state index contributed by atoms with van der Waals surface area (Å²) in [7, 11) is -2.37. The summed E-state index contributed by atoms with van der Waals surface area (Å²) in [6.45, 7) is 5.15. The molecule has 0 aromatic heterocycles. The number of carbonyl (C=O) groups is 4. The number of hydrogen-bond donors (Lipinski definition) is 6. The van der Waals surface area contributed by atoms with E-state index in [-0.39, 0.29) is 51.3 Å². The number of alkyl carbamates (subject to hydrolysis) is 1. The Balaban J connectivity index is 2.95. The standard InChI is InChI=1S/C29H45N6O9P/c1-20(2)25(35-29(40)42-4)27(38)34-24(9-5-15-32-28(31)39)26(37)33-23-12-10-22(11-13-23)19-44-45(41,43-16-7-14-30)17-6-8-21(3)18-36/h8,10-13,20,24-25,36H,5-7,9,15-19H2,1-4H3,(H,33,37)(H,34,38)(H,35,40)(H3,31,32,39)/b21-8+/t24-,25-,45?/m0/s1. The second-order valence-electron chi connectivity index (χ2n) is 10.4. The van der Waals surface area contributed by atoms with Crippen LogP contribution in [0.4, 0.5) is 15.3 Å². The first kappa shape index (κ1) is 39.1. The molecule has 0 radical (unpaired) electrons. The molecule has 5 amide bonds. The van der Waals surface area contributed by atoms with E-state index in [9.17, 15) is 23.7 Å². The normalized spacial score (nSPS) is 13.9. The fourth-order valence-electron chi connectivity index (χ4n) is 3.79. The van der Waals surface area contributed by atoms with Crippen molar-refractivity contribution >= 4 is 37.2 Å². The number of amides is 5. The molecule has 1 aromatic rings. The van der Waals surface area contributed by atoms with E-state index < -0.39 is 43.6 Å². The number of urea groups is 1. The molecule has 15 nitrogen and oxygen atoms in total. The molecule has 16 heteroatoms. The van der Waals surface area contributed by atoms with Crippen LogP contribution in [0.2, 0.25) is 0 Å². The number of ether oxygens (including phenoxy) is 1. The van der Waals surface area contributed by atoms with E-state index in [1.807, 2.05) is 6.07 Å². The van der Waals surface area contributed by atoms with Gasteiger partial charge in [0.1, 0.15) is 12.1 Å². The van der Waals surface area contributed by atoms with Crippen LogP contribution >= 0.6 is 7.60 Å². The first-order valence-corrected chi connectivity index (χ1v) is 16.2. The summed E-state index contributed by atoms with van der Waals surface area (Å²) in [6.07, 6.45) is 1.90. The highest BCUT2D eigenvalue weighted by Crippen LogP contribution is 2.49. The topological polar surface area (TPSA) is 231 Å². The molecule has 1 unspecified atom stereocenters. The molecule has 0 aliphatic carbocycles. The quantitative estimate of drug-likeness (QED) is 0.0685. The largest absolute Gasteiger partial charge is 0.453 e. The fraction of sp³-hybridized carbons (Fsp3) is 0.552. The van der Waals surface area contributed by atoms with Gasteiger partial charge >= 0.3 is 19.7 Å². The summed E-state index contributed by atoms with van der Waals surface area (Å²) in [5.74, 6) is -1.43. The molecule has 1 aromatic carbocycles. The number of allylic oxidation sites excluding steroid dienone is 1. The number of benzene rings is 1. The lowest BCUT2D eigenvalue weighted by molar-refractivity contribution is -0.128. The monoisotopic (exact) mass is 652 g/mol. The maximum atomic E-state index is 13.2. The minimum absolute atomic E-state index is 0.0472. The van der Waals surface area contributed by atoms with Crippen molar-refractivity contribution in [1.82, 2.24) is 16.0 Å². The van der Waals surface area contributed by atoms with Gasteiger partial charge < -0.3 is 45.9 Å². The predicted octanol–water partition coefficient (Wildman–Crippen LogP) is 2.91. The van der Waals surface area contributed by atoms with Crippen molar-refractivity contribution in [2.45, 2.75) is 65.1 Å². The first-order valence-electron chi connectivity index (χ1n) is 14.4. The van der Waals surface area contributed by atoms with Crippen LogP contribution in [0.3, 0.4) is 0 Å². The summed E-state index contributed by atoms with van der Waals surface area (Å²) < 4.78 is 28.9. The van der Waals surface area contributed by atoms with E-state index in [2.05, 4.69) is 26.0 Å². The maximum absolute atomic E-state index is 13.2. The number of nitrogens with one attached hydrogen (secondary N) is 4. The number of carbonyl (C=O) groups excluding carboxylic acids is 4. The maximum Gasteiger partial charge on any atom is 0.407 e. The van der Waals surface area contributed by atoms with Crippen LogP contribution in [0.1, 0.15) is 52.0 Å². The number of hydrogen-bond acceptors (Lipinski definition) is 10. The Bertz CT molecular complexity index is 1230. The molecule has 0 fully saturated rings. The number of nitriles is 1. The molecule has 7 N–H and O–H groups in total. The average molecular weight is 653 g/mol. The van der Waals surface area contributed by atoms with E-state index in [1.54, 1.807) is 51.1 Å². The first-order chi connectivity index (χ1) is 21.3. The highest BCUT2D eigenvalue weighted by Gasteiger charge is 2.29. The lowest BCUT2D eigenvalue weighted by atomic mass is 10.0. The van der Waals surface area contributed by atoms with Crippen molar-refractivity contribution < 1.29 is 42.6 Å². The molecule has 0 aliphatic heterocycles. The molecule has 0 saturated carbocycles. The molecule has 45 heavy (non-hydrogen) atoms.